The first-order valence-corrected chi connectivity index (χ1v) is 22.4. The van der Waals surface area contributed by atoms with Crippen molar-refractivity contribution < 1.29 is 22.4 Å². The van der Waals surface area contributed by atoms with E-state index in [1.54, 1.807) is 0 Å². The molecule has 0 bridgehead atoms. The van der Waals surface area contributed by atoms with Crippen LogP contribution in [0.2, 0.25) is 0 Å². The Hall–Kier alpha value is -1.21. The number of rotatable bonds is 34. The Labute approximate surface area is 304 Å². The summed E-state index contributed by atoms with van der Waals surface area (Å²) in [6.45, 7) is 5.17. The summed E-state index contributed by atoms with van der Waals surface area (Å²) < 4.78 is 44.6. The van der Waals surface area contributed by atoms with E-state index in [0.29, 0.717) is 19.4 Å². The molecule has 1 aliphatic rings. The van der Waals surface area contributed by atoms with Crippen LogP contribution in [0.3, 0.4) is 0 Å². The lowest BCUT2D eigenvalue weighted by Crippen LogP contribution is -2.45. The lowest BCUT2D eigenvalue weighted by molar-refractivity contribution is -0.301. The van der Waals surface area contributed by atoms with Crippen molar-refractivity contribution in [3.63, 3.8) is 0 Å². The lowest BCUT2D eigenvalue weighted by Gasteiger charge is -2.42. The minimum Gasteiger partial charge on any atom is -0.350 e. The smallest absolute Gasteiger partial charge is 0.264 e. The van der Waals surface area contributed by atoms with Gasteiger partial charge in [-0.15, -0.1) is 0 Å². The molecular weight excluding hydrogens is 629 g/mol. The van der Waals surface area contributed by atoms with E-state index >= 15 is 0 Å². The highest BCUT2D eigenvalue weighted by atomic mass is 32.2. The van der Waals surface area contributed by atoms with Crippen molar-refractivity contribution in [1.82, 2.24) is 0 Å². The predicted molar refractivity (Wildman–Crippen MR) is 212 cm³/mol. The van der Waals surface area contributed by atoms with Crippen LogP contribution in [0.25, 0.3) is 0 Å². The van der Waals surface area contributed by atoms with Gasteiger partial charge >= 0.3 is 0 Å². The van der Waals surface area contributed by atoms with Gasteiger partial charge in [-0.3, -0.25) is 4.55 Å². The number of allylic oxidation sites excluding steroid dienone is 8. The van der Waals surface area contributed by atoms with Crippen LogP contribution in [-0.2, 0) is 19.6 Å². The van der Waals surface area contributed by atoms with Gasteiger partial charge in [0.1, 0.15) is 0 Å². The van der Waals surface area contributed by atoms with Crippen LogP contribution in [0.15, 0.2) is 48.6 Å². The zero-order valence-corrected chi connectivity index (χ0v) is 32.9. The SMILES string of the molecule is CCCCC/C=C\C/C=C\CCCCCCCCC1(CCCCCCCC/C=C\C/C=C\CCCCC)OCCC(CCCS(=O)(=O)O)O1. The van der Waals surface area contributed by atoms with Gasteiger partial charge in [0.25, 0.3) is 10.1 Å². The molecule has 0 aromatic rings. The molecule has 1 aliphatic heterocycles. The van der Waals surface area contributed by atoms with Gasteiger partial charge in [0.15, 0.2) is 5.79 Å². The Bertz CT molecular complexity index is 903. The molecule has 1 rings (SSSR count). The molecule has 1 N–H and O–H groups in total. The Morgan fingerprint density at radius 3 is 1.41 bits per heavy atom. The second-order valence-corrected chi connectivity index (χ2v) is 16.0. The normalized spacial score (nSPS) is 17.1. The molecule has 1 atom stereocenters. The molecule has 0 aliphatic carbocycles. The quantitative estimate of drug-likeness (QED) is 0.0410. The maximum absolute atomic E-state index is 11.2. The van der Waals surface area contributed by atoms with Crippen molar-refractivity contribution in [1.29, 1.82) is 0 Å². The minimum atomic E-state index is -3.93. The third-order valence-electron chi connectivity index (χ3n) is 9.63. The molecule has 5 nitrogen and oxygen atoms in total. The summed E-state index contributed by atoms with van der Waals surface area (Å²) in [7, 11) is -3.93. The Morgan fingerprint density at radius 1 is 0.571 bits per heavy atom. The average Bonchev–Trinajstić information content (AvgIpc) is 3.07. The third-order valence-corrected chi connectivity index (χ3v) is 10.4. The second kappa shape index (κ2) is 32.7. The highest BCUT2D eigenvalue weighted by molar-refractivity contribution is 7.85. The molecule has 49 heavy (non-hydrogen) atoms. The molecule has 0 spiro atoms. The van der Waals surface area contributed by atoms with E-state index in [-0.39, 0.29) is 11.9 Å². The van der Waals surface area contributed by atoms with E-state index in [4.69, 9.17) is 14.0 Å². The van der Waals surface area contributed by atoms with Crippen LogP contribution in [0.1, 0.15) is 200 Å². The topological polar surface area (TPSA) is 72.8 Å². The fourth-order valence-electron chi connectivity index (χ4n) is 6.62. The van der Waals surface area contributed by atoms with Crippen molar-refractivity contribution >= 4 is 10.1 Å². The van der Waals surface area contributed by atoms with Crippen LogP contribution in [-0.4, -0.2) is 37.2 Å². The summed E-state index contributed by atoms with van der Waals surface area (Å²) in [6, 6.07) is 0. The van der Waals surface area contributed by atoms with E-state index in [9.17, 15) is 8.42 Å². The molecule has 1 heterocycles. The molecule has 6 heteroatoms. The van der Waals surface area contributed by atoms with Gasteiger partial charge < -0.3 is 9.47 Å². The summed E-state index contributed by atoms with van der Waals surface area (Å²) in [5.74, 6) is -0.732. The number of hydrogen-bond acceptors (Lipinski definition) is 4. The molecule has 1 unspecified atom stereocenters. The molecule has 1 saturated heterocycles. The van der Waals surface area contributed by atoms with Gasteiger partial charge in [0, 0.05) is 12.8 Å². The van der Waals surface area contributed by atoms with Gasteiger partial charge in [-0.25, -0.2) is 0 Å². The molecule has 0 saturated carbocycles. The molecule has 0 amide bonds. The summed E-state index contributed by atoms with van der Waals surface area (Å²) in [5.41, 5.74) is 0. The van der Waals surface area contributed by atoms with E-state index < -0.39 is 15.9 Å². The molecule has 0 radical (unpaired) electrons. The van der Waals surface area contributed by atoms with Crippen LogP contribution < -0.4 is 0 Å². The minimum absolute atomic E-state index is 0.00436. The van der Waals surface area contributed by atoms with Gasteiger partial charge in [0.05, 0.1) is 18.5 Å². The van der Waals surface area contributed by atoms with E-state index in [1.807, 2.05) is 0 Å². The van der Waals surface area contributed by atoms with Crippen molar-refractivity contribution in [2.24, 2.45) is 0 Å². The highest BCUT2D eigenvalue weighted by Crippen LogP contribution is 2.35. The van der Waals surface area contributed by atoms with Gasteiger partial charge in [-0.05, 0) is 96.3 Å². The van der Waals surface area contributed by atoms with Crippen molar-refractivity contribution in [3.05, 3.63) is 48.6 Å². The first-order chi connectivity index (χ1) is 23.9. The van der Waals surface area contributed by atoms with E-state index in [1.165, 1.54) is 128 Å². The van der Waals surface area contributed by atoms with Crippen LogP contribution in [0, 0.1) is 0 Å². The molecular formula is C43H78O5S. The monoisotopic (exact) mass is 707 g/mol. The zero-order valence-electron chi connectivity index (χ0n) is 32.1. The maximum Gasteiger partial charge on any atom is 0.264 e. The van der Waals surface area contributed by atoms with Gasteiger partial charge in [-0.2, -0.15) is 8.42 Å². The van der Waals surface area contributed by atoms with Crippen molar-refractivity contribution in [2.45, 2.75) is 212 Å². The largest absolute Gasteiger partial charge is 0.350 e. The van der Waals surface area contributed by atoms with E-state index in [2.05, 4.69) is 62.5 Å². The van der Waals surface area contributed by atoms with Crippen molar-refractivity contribution in [2.75, 3.05) is 12.4 Å². The van der Waals surface area contributed by atoms with Crippen molar-refractivity contribution in [3.8, 4) is 0 Å². The average molecular weight is 707 g/mol. The van der Waals surface area contributed by atoms with Gasteiger partial charge in [0.2, 0.25) is 0 Å². The summed E-state index contributed by atoms with van der Waals surface area (Å²) >= 11 is 0. The Balaban J connectivity index is 2.29. The molecule has 0 aromatic carbocycles. The number of hydrogen-bond donors (Lipinski definition) is 1. The maximum atomic E-state index is 11.2. The Kier molecular flexibility index (Phi) is 30.6. The fourth-order valence-corrected chi connectivity index (χ4v) is 7.15. The fraction of sp³-hybridized carbons (Fsp3) is 0.814. The van der Waals surface area contributed by atoms with E-state index in [0.717, 1.165) is 44.9 Å². The second-order valence-electron chi connectivity index (χ2n) is 14.4. The van der Waals surface area contributed by atoms with Crippen LogP contribution in [0.5, 0.6) is 0 Å². The summed E-state index contributed by atoms with van der Waals surface area (Å²) in [6.07, 6.45) is 51.9. The molecule has 0 aromatic heterocycles. The van der Waals surface area contributed by atoms with Crippen LogP contribution >= 0.6 is 0 Å². The summed E-state index contributed by atoms with van der Waals surface area (Å²) in [4.78, 5) is 0. The summed E-state index contributed by atoms with van der Waals surface area (Å²) in [5, 5.41) is 0. The number of ether oxygens (including phenoxy) is 2. The first-order valence-electron chi connectivity index (χ1n) is 20.8. The van der Waals surface area contributed by atoms with Gasteiger partial charge in [-0.1, -0.05) is 140 Å². The predicted octanol–water partition coefficient (Wildman–Crippen LogP) is 13.6. The molecule has 1 fully saturated rings. The van der Waals surface area contributed by atoms with Crippen LogP contribution in [0.4, 0.5) is 0 Å². The third kappa shape index (κ3) is 30.2. The highest BCUT2D eigenvalue weighted by Gasteiger charge is 2.37. The zero-order chi connectivity index (χ0) is 35.6. The Morgan fingerprint density at radius 2 is 0.980 bits per heavy atom. The first kappa shape index (κ1) is 45.8. The molecule has 286 valence electrons. The number of unbranched alkanes of at least 4 members (excludes halogenated alkanes) is 18. The lowest BCUT2D eigenvalue weighted by atomic mass is 9.96. The standard InChI is InChI=1S/C43H78O5S/c1-3-5-7-9-11-13-15-17-19-21-23-25-27-29-31-33-38-43(47-40-37-42(48-43)36-35-41-49(44,45)46)39-34-32-30-28-26-24-22-20-18-16-14-12-10-8-6-4-2/h11-14,17-20,42H,3-10,15-16,21-41H2,1-2H3,(H,44,45,46)/b13-11-,14-12-,19-17-,20-18-.